The highest BCUT2D eigenvalue weighted by molar-refractivity contribution is 5.91. The van der Waals surface area contributed by atoms with Crippen LogP contribution in [0.2, 0.25) is 0 Å². The first kappa shape index (κ1) is 20.4. The lowest BCUT2D eigenvalue weighted by Gasteiger charge is -2.22. The minimum absolute atomic E-state index is 0.280. The molecule has 162 valence electrons. The third-order valence-electron chi connectivity index (χ3n) is 5.38. The van der Waals surface area contributed by atoms with Gasteiger partial charge in [0.25, 0.3) is 0 Å². The number of benzene rings is 2. The number of rotatable bonds is 2. The summed E-state index contributed by atoms with van der Waals surface area (Å²) in [6.45, 7) is 1.96. The number of hydrazone groups is 1. The number of amides is 2. The number of carbonyl (C=O) groups excluding carboxylic acids is 1. The number of aromatic nitrogens is 3. The number of nitrogens with one attached hydrogen (secondary N) is 1. The standard InChI is InChI=1S/C25H19FN6O/c1-17-4-10-21(15-19(17)7-11-22-16-27-24-3-2-13-28-31(22)24)30-25(33)32-23(12-14-29-32)18-5-8-20(26)9-6-18/h2-6,8-10,13-16,23H,12H2,1H3,(H,30,33)/t23-/m0/s1. The van der Waals surface area contributed by atoms with E-state index in [0.717, 1.165) is 22.3 Å². The van der Waals surface area contributed by atoms with Crippen molar-refractivity contribution in [1.29, 1.82) is 0 Å². The zero-order valence-electron chi connectivity index (χ0n) is 17.7. The Labute approximate surface area is 189 Å². The molecule has 1 N–H and O–H groups in total. The Balaban J connectivity index is 1.36. The van der Waals surface area contributed by atoms with Crippen LogP contribution in [0.5, 0.6) is 0 Å². The van der Waals surface area contributed by atoms with Crippen LogP contribution >= 0.6 is 0 Å². The number of anilines is 1. The Kier molecular flexibility index (Phi) is 5.29. The highest BCUT2D eigenvalue weighted by Gasteiger charge is 2.28. The van der Waals surface area contributed by atoms with E-state index in [4.69, 9.17) is 0 Å². The van der Waals surface area contributed by atoms with Gasteiger partial charge in [-0.15, -0.1) is 0 Å². The van der Waals surface area contributed by atoms with Crippen LogP contribution in [0.4, 0.5) is 14.9 Å². The molecule has 0 aliphatic carbocycles. The van der Waals surface area contributed by atoms with Gasteiger partial charge in [0, 0.05) is 30.1 Å². The Morgan fingerprint density at radius 3 is 2.85 bits per heavy atom. The molecular formula is C25H19FN6O. The first-order valence-corrected chi connectivity index (χ1v) is 10.4. The molecule has 33 heavy (non-hydrogen) atoms. The van der Waals surface area contributed by atoms with Gasteiger partial charge >= 0.3 is 6.03 Å². The Bertz CT molecular complexity index is 1430. The third kappa shape index (κ3) is 4.16. The molecule has 1 aliphatic rings. The molecule has 2 amide bonds. The van der Waals surface area contributed by atoms with Crippen molar-refractivity contribution >= 4 is 23.6 Å². The largest absolute Gasteiger partial charge is 0.342 e. The number of hydrogen-bond donors (Lipinski definition) is 1. The fourth-order valence-corrected chi connectivity index (χ4v) is 3.63. The van der Waals surface area contributed by atoms with E-state index >= 15 is 0 Å². The molecule has 1 aliphatic heterocycles. The average Bonchev–Trinajstić information content (AvgIpc) is 3.47. The van der Waals surface area contributed by atoms with Gasteiger partial charge in [0.05, 0.1) is 12.2 Å². The van der Waals surface area contributed by atoms with Gasteiger partial charge in [-0.25, -0.2) is 23.7 Å². The number of urea groups is 1. The van der Waals surface area contributed by atoms with E-state index in [1.54, 1.807) is 35.3 Å². The first-order valence-electron chi connectivity index (χ1n) is 10.4. The van der Waals surface area contributed by atoms with E-state index in [1.165, 1.54) is 17.1 Å². The second-order valence-electron chi connectivity index (χ2n) is 7.59. The van der Waals surface area contributed by atoms with Gasteiger partial charge in [-0.1, -0.05) is 24.1 Å². The second kappa shape index (κ2) is 8.55. The van der Waals surface area contributed by atoms with E-state index in [9.17, 15) is 9.18 Å². The number of aryl methyl sites for hydroxylation is 1. The Hall–Kier alpha value is -4.51. The summed E-state index contributed by atoms with van der Waals surface area (Å²) in [6, 6.07) is 14.7. The molecule has 2 aromatic heterocycles. The summed E-state index contributed by atoms with van der Waals surface area (Å²) in [7, 11) is 0. The molecule has 0 fully saturated rings. The number of nitrogens with zero attached hydrogens (tertiary/aromatic N) is 5. The van der Waals surface area contributed by atoms with Crippen LogP contribution in [-0.2, 0) is 0 Å². The molecule has 2 aromatic carbocycles. The van der Waals surface area contributed by atoms with Gasteiger partial charge in [0.1, 0.15) is 11.5 Å². The van der Waals surface area contributed by atoms with Gasteiger partial charge in [0.2, 0.25) is 0 Å². The topological polar surface area (TPSA) is 74.9 Å². The fourth-order valence-electron chi connectivity index (χ4n) is 3.63. The van der Waals surface area contributed by atoms with E-state index in [0.29, 0.717) is 17.8 Å². The zero-order valence-corrected chi connectivity index (χ0v) is 17.7. The summed E-state index contributed by atoms with van der Waals surface area (Å²) in [4.78, 5) is 17.2. The van der Waals surface area contributed by atoms with Gasteiger partial charge in [0.15, 0.2) is 5.65 Å². The summed E-state index contributed by atoms with van der Waals surface area (Å²) in [5, 5.41) is 12.7. The highest BCUT2D eigenvalue weighted by atomic mass is 19.1. The first-order chi connectivity index (χ1) is 16.1. The molecule has 3 heterocycles. The van der Waals surface area contributed by atoms with Crippen LogP contribution in [0.25, 0.3) is 5.65 Å². The quantitative estimate of drug-likeness (QED) is 0.467. The summed E-state index contributed by atoms with van der Waals surface area (Å²) < 4.78 is 14.9. The maximum absolute atomic E-state index is 13.3. The second-order valence-corrected chi connectivity index (χ2v) is 7.59. The number of carbonyl (C=O) groups is 1. The molecule has 0 unspecified atom stereocenters. The minimum atomic E-state index is -0.369. The highest BCUT2D eigenvalue weighted by Crippen LogP contribution is 2.29. The van der Waals surface area contributed by atoms with E-state index in [2.05, 4.69) is 32.3 Å². The van der Waals surface area contributed by atoms with Crippen LogP contribution in [-0.4, -0.2) is 31.9 Å². The van der Waals surface area contributed by atoms with E-state index in [1.807, 2.05) is 37.3 Å². The molecule has 0 spiro atoms. The maximum Gasteiger partial charge on any atom is 0.342 e. The number of imidazole rings is 1. The molecule has 1 atom stereocenters. The smallest absolute Gasteiger partial charge is 0.306 e. The minimum Gasteiger partial charge on any atom is -0.306 e. The Morgan fingerprint density at radius 2 is 2.00 bits per heavy atom. The van der Waals surface area contributed by atoms with Crippen LogP contribution in [0.1, 0.15) is 34.8 Å². The van der Waals surface area contributed by atoms with Crippen molar-refractivity contribution in [3.63, 3.8) is 0 Å². The normalized spacial score (nSPS) is 14.8. The van der Waals surface area contributed by atoms with Gasteiger partial charge in [-0.2, -0.15) is 10.2 Å². The summed E-state index contributed by atoms with van der Waals surface area (Å²) in [5.41, 5.74) is 4.58. The SMILES string of the molecule is Cc1ccc(NC(=O)N2N=CC[C@H]2c2ccc(F)cc2)cc1C#Cc1cnc2cccnn12. The molecule has 0 radical (unpaired) electrons. The van der Waals surface area contributed by atoms with Crippen molar-refractivity contribution in [3.8, 4) is 11.8 Å². The molecular weight excluding hydrogens is 419 g/mol. The van der Waals surface area contributed by atoms with Crippen molar-refractivity contribution in [2.24, 2.45) is 5.10 Å². The van der Waals surface area contributed by atoms with Crippen molar-refractivity contribution in [2.45, 2.75) is 19.4 Å². The van der Waals surface area contributed by atoms with Gasteiger partial charge in [-0.05, 0) is 60.4 Å². The molecule has 0 saturated heterocycles. The van der Waals surface area contributed by atoms with E-state index in [-0.39, 0.29) is 17.9 Å². The van der Waals surface area contributed by atoms with Crippen molar-refractivity contribution in [1.82, 2.24) is 19.6 Å². The molecule has 8 heteroatoms. The molecule has 5 rings (SSSR count). The van der Waals surface area contributed by atoms with Crippen LogP contribution in [0.3, 0.4) is 0 Å². The summed E-state index contributed by atoms with van der Waals surface area (Å²) in [6.07, 6.45) is 5.61. The van der Waals surface area contributed by atoms with Crippen LogP contribution in [0.15, 0.2) is 72.1 Å². The lowest BCUT2D eigenvalue weighted by Crippen LogP contribution is -2.31. The summed E-state index contributed by atoms with van der Waals surface area (Å²) >= 11 is 0. The maximum atomic E-state index is 13.3. The zero-order chi connectivity index (χ0) is 22.8. The van der Waals surface area contributed by atoms with Crippen LogP contribution in [0, 0.1) is 24.6 Å². The number of fused-ring (bicyclic) bond motifs is 1. The predicted octanol–water partition coefficient (Wildman–Crippen LogP) is 4.54. The van der Waals surface area contributed by atoms with Gasteiger partial charge in [-0.3, -0.25) is 0 Å². The molecule has 7 nitrogen and oxygen atoms in total. The molecule has 4 aromatic rings. The third-order valence-corrected chi connectivity index (χ3v) is 5.38. The average molecular weight is 438 g/mol. The van der Waals surface area contributed by atoms with Crippen molar-refractivity contribution < 1.29 is 9.18 Å². The fraction of sp³-hybridized carbons (Fsp3) is 0.120. The molecule has 0 saturated carbocycles. The Morgan fingerprint density at radius 1 is 1.15 bits per heavy atom. The monoisotopic (exact) mass is 438 g/mol. The predicted molar refractivity (Wildman–Crippen MR) is 123 cm³/mol. The van der Waals surface area contributed by atoms with Crippen molar-refractivity contribution in [3.05, 3.63) is 95.2 Å². The van der Waals surface area contributed by atoms with Crippen LogP contribution < -0.4 is 5.32 Å². The lowest BCUT2D eigenvalue weighted by atomic mass is 10.0. The number of halogens is 1. The lowest BCUT2D eigenvalue weighted by molar-refractivity contribution is 0.200. The molecule has 0 bridgehead atoms. The van der Waals surface area contributed by atoms with Gasteiger partial charge < -0.3 is 5.32 Å². The van der Waals surface area contributed by atoms with E-state index < -0.39 is 0 Å². The van der Waals surface area contributed by atoms with Crippen molar-refractivity contribution in [2.75, 3.05) is 5.32 Å². The summed E-state index contributed by atoms with van der Waals surface area (Å²) in [5.74, 6) is 5.94. The number of hydrogen-bond acceptors (Lipinski definition) is 4.